The Balaban J connectivity index is 1.69. The number of hydrogen-bond acceptors (Lipinski definition) is 5. The lowest BCUT2D eigenvalue weighted by atomic mass is 10.2. The van der Waals surface area contributed by atoms with E-state index < -0.39 is 0 Å². The summed E-state index contributed by atoms with van der Waals surface area (Å²) in [5, 5.41) is 12.3. The Morgan fingerprint density at radius 2 is 1.69 bits per heavy atom. The summed E-state index contributed by atoms with van der Waals surface area (Å²) in [5.74, 6) is 6.20. The lowest BCUT2D eigenvalue weighted by Crippen LogP contribution is -2.17. The molecule has 3 N–H and O–H groups in total. The zero-order valence-electron chi connectivity index (χ0n) is 13.1. The van der Waals surface area contributed by atoms with E-state index in [9.17, 15) is 4.79 Å². The van der Waals surface area contributed by atoms with Gasteiger partial charge in [-0.25, -0.2) is 4.68 Å². The molecule has 134 valence electrons. The molecule has 1 amide bonds. The molecule has 0 saturated carbocycles. The number of aromatic nitrogens is 3. The average molecular weight is 429 g/mol. The highest BCUT2D eigenvalue weighted by Gasteiger charge is 2.16. The molecule has 0 unspecified atom stereocenters. The topological polar surface area (TPSA) is 85.8 Å². The summed E-state index contributed by atoms with van der Waals surface area (Å²) >= 11 is 19.4. The van der Waals surface area contributed by atoms with Gasteiger partial charge in [-0.1, -0.05) is 64.8 Å². The van der Waals surface area contributed by atoms with Crippen molar-refractivity contribution in [3.63, 3.8) is 0 Å². The van der Waals surface area contributed by atoms with E-state index in [0.29, 0.717) is 37.3 Å². The third kappa shape index (κ3) is 4.07. The number of carbonyl (C=O) groups is 1. The molecule has 0 fully saturated rings. The smallest absolute Gasteiger partial charge is 0.234 e. The van der Waals surface area contributed by atoms with Crippen LogP contribution in [0, 0.1) is 0 Å². The van der Waals surface area contributed by atoms with Gasteiger partial charge in [-0.3, -0.25) is 4.79 Å². The fourth-order valence-corrected chi connectivity index (χ4v) is 3.49. The molecule has 0 saturated heterocycles. The van der Waals surface area contributed by atoms with Crippen LogP contribution >= 0.6 is 46.6 Å². The van der Waals surface area contributed by atoms with E-state index in [1.165, 1.54) is 4.68 Å². The Labute approximate surface area is 168 Å². The number of nitrogens with one attached hydrogen (secondary N) is 1. The van der Waals surface area contributed by atoms with E-state index in [2.05, 4.69) is 15.5 Å². The molecule has 3 aromatic rings. The van der Waals surface area contributed by atoms with E-state index in [1.807, 2.05) is 12.1 Å². The van der Waals surface area contributed by atoms with Crippen molar-refractivity contribution in [2.45, 2.75) is 5.16 Å². The molecular formula is C16H12Cl3N5OS. The first-order valence-electron chi connectivity index (χ1n) is 7.29. The number of nitrogens with two attached hydrogens (primary N) is 1. The summed E-state index contributed by atoms with van der Waals surface area (Å²) in [6.07, 6.45) is 0. The largest absolute Gasteiger partial charge is 0.335 e. The number of carbonyl (C=O) groups excluding carboxylic acids is 1. The minimum absolute atomic E-state index is 0.0550. The van der Waals surface area contributed by atoms with Gasteiger partial charge >= 0.3 is 0 Å². The lowest BCUT2D eigenvalue weighted by molar-refractivity contribution is -0.113. The molecular weight excluding hydrogens is 417 g/mol. The Hall–Kier alpha value is -1.93. The predicted octanol–water partition coefficient (Wildman–Crippen LogP) is 4.35. The molecule has 0 atom stereocenters. The van der Waals surface area contributed by atoms with Crippen molar-refractivity contribution in [2.75, 3.05) is 16.9 Å². The number of thioether (sulfide) groups is 1. The molecule has 0 radical (unpaired) electrons. The van der Waals surface area contributed by atoms with Crippen LogP contribution < -0.4 is 11.2 Å². The summed E-state index contributed by atoms with van der Waals surface area (Å²) in [6, 6.07) is 12.1. The van der Waals surface area contributed by atoms with Gasteiger partial charge in [0.15, 0.2) is 5.82 Å². The molecule has 0 aliphatic rings. The van der Waals surface area contributed by atoms with Gasteiger partial charge in [-0.2, -0.15) is 0 Å². The number of nitrogens with zero attached hydrogens (tertiary/aromatic N) is 3. The van der Waals surface area contributed by atoms with Gasteiger partial charge in [0.2, 0.25) is 11.1 Å². The Bertz CT molecular complexity index is 943. The van der Waals surface area contributed by atoms with Crippen molar-refractivity contribution >= 4 is 58.2 Å². The lowest BCUT2D eigenvalue weighted by Gasteiger charge is -2.09. The minimum atomic E-state index is -0.299. The predicted molar refractivity (Wildman–Crippen MR) is 106 cm³/mol. The molecule has 6 nitrogen and oxygen atoms in total. The molecule has 1 heterocycles. The quantitative estimate of drug-likeness (QED) is 0.466. The van der Waals surface area contributed by atoms with Crippen molar-refractivity contribution in [3.8, 4) is 11.4 Å². The number of benzene rings is 2. The second kappa shape index (κ2) is 8.18. The fraction of sp³-hybridized carbons (Fsp3) is 0.0625. The highest BCUT2D eigenvalue weighted by atomic mass is 35.5. The number of nitrogen functional groups attached to an aromatic ring is 1. The number of hydrogen-bond donors (Lipinski definition) is 2. The fourth-order valence-electron chi connectivity index (χ4n) is 2.12. The summed E-state index contributed by atoms with van der Waals surface area (Å²) in [4.78, 5) is 12.2. The zero-order chi connectivity index (χ0) is 18.7. The highest BCUT2D eigenvalue weighted by molar-refractivity contribution is 7.99. The van der Waals surface area contributed by atoms with Crippen molar-refractivity contribution in [1.82, 2.24) is 14.9 Å². The maximum absolute atomic E-state index is 12.2. The van der Waals surface area contributed by atoms with Crippen molar-refractivity contribution in [1.29, 1.82) is 0 Å². The van der Waals surface area contributed by atoms with Gasteiger partial charge < -0.3 is 11.2 Å². The van der Waals surface area contributed by atoms with Gasteiger partial charge in [-0.15, -0.1) is 10.2 Å². The van der Waals surface area contributed by atoms with Crippen molar-refractivity contribution < 1.29 is 4.79 Å². The normalized spacial score (nSPS) is 10.7. The molecule has 0 aliphatic heterocycles. The molecule has 0 spiro atoms. The van der Waals surface area contributed by atoms with Crippen LogP contribution in [0.1, 0.15) is 0 Å². The Kier molecular flexibility index (Phi) is 5.93. The third-order valence-corrected chi connectivity index (χ3v) is 5.24. The van der Waals surface area contributed by atoms with Crippen LogP contribution in [-0.4, -0.2) is 26.5 Å². The van der Waals surface area contributed by atoms with Crippen LogP contribution in [-0.2, 0) is 4.79 Å². The standard InChI is InChI=1S/C16H12Cl3N5OS/c17-10-5-2-1-4-9(10)15-22-23-16(24(15)20)26-8-13(25)21-14-11(18)6-3-7-12(14)19/h1-7H,8,20H2,(H,21,25). The molecule has 3 rings (SSSR count). The van der Waals surface area contributed by atoms with E-state index >= 15 is 0 Å². The van der Waals surface area contributed by atoms with E-state index in [4.69, 9.17) is 40.6 Å². The SMILES string of the molecule is Nn1c(SCC(=O)Nc2c(Cl)cccc2Cl)nnc1-c1ccccc1Cl. The number of halogens is 3. The van der Waals surface area contributed by atoms with E-state index in [-0.39, 0.29) is 11.7 Å². The van der Waals surface area contributed by atoms with E-state index in [1.54, 1.807) is 30.3 Å². The van der Waals surface area contributed by atoms with Crippen molar-refractivity contribution in [2.24, 2.45) is 0 Å². The monoisotopic (exact) mass is 427 g/mol. The first kappa shape index (κ1) is 18.8. The molecule has 10 heteroatoms. The van der Waals surface area contributed by atoms with Gasteiger partial charge in [-0.05, 0) is 24.3 Å². The minimum Gasteiger partial charge on any atom is -0.335 e. The van der Waals surface area contributed by atoms with Gasteiger partial charge in [0, 0.05) is 5.56 Å². The van der Waals surface area contributed by atoms with Crippen LogP contribution in [0.25, 0.3) is 11.4 Å². The first-order chi connectivity index (χ1) is 12.5. The molecule has 0 aliphatic carbocycles. The number of anilines is 1. The second-order valence-electron chi connectivity index (χ2n) is 5.09. The molecule has 26 heavy (non-hydrogen) atoms. The summed E-state index contributed by atoms with van der Waals surface area (Å²) < 4.78 is 1.29. The second-order valence-corrected chi connectivity index (χ2v) is 7.25. The molecule has 2 aromatic carbocycles. The summed E-state index contributed by atoms with van der Waals surface area (Å²) in [6.45, 7) is 0. The number of para-hydroxylation sites is 1. The molecule has 0 bridgehead atoms. The summed E-state index contributed by atoms with van der Waals surface area (Å²) in [5.41, 5.74) is 1.02. The van der Waals surface area contributed by atoms with Gasteiger partial charge in [0.25, 0.3) is 0 Å². The van der Waals surface area contributed by atoms with Crippen LogP contribution in [0.5, 0.6) is 0 Å². The zero-order valence-corrected chi connectivity index (χ0v) is 16.2. The van der Waals surface area contributed by atoms with Crippen LogP contribution in [0.3, 0.4) is 0 Å². The maximum atomic E-state index is 12.2. The highest BCUT2D eigenvalue weighted by Crippen LogP contribution is 2.30. The van der Waals surface area contributed by atoms with Gasteiger partial charge in [0.1, 0.15) is 0 Å². The van der Waals surface area contributed by atoms with Crippen molar-refractivity contribution in [3.05, 3.63) is 57.5 Å². The average Bonchev–Trinajstić information content (AvgIpc) is 2.97. The summed E-state index contributed by atoms with van der Waals surface area (Å²) in [7, 11) is 0. The first-order valence-corrected chi connectivity index (χ1v) is 9.41. The maximum Gasteiger partial charge on any atom is 0.234 e. The van der Waals surface area contributed by atoms with Gasteiger partial charge in [0.05, 0.1) is 26.5 Å². The van der Waals surface area contributed by atoms with Crippen LogP contribution in [0.4, 0.5) is 5.69 Å². The third-order valence-electron chi connectivity index (χ3n) is 3.34. The Morgan fingerprint density at radius 1 is 1.04 bits per heavy atom. The van der Waals surface area contributed by atoms with E-state index in [0.717, 1.165) is 11.8 Å². The number of rotatable bonds is 5. The number of amides is 1. The van der Waals surface area contributed by atoms with Crippen LogP contribution in [0.15, 0.2) is 47.6 Å². The van der Waals surface area contributed by atoms with Crippen LogP contribution in [0.2, 0.25) is 15.1 Å². The Morgan fingerprint density at radius 3 is 2.38 bits per heavy atom. The molecule has 1 aromatic heterocycles.